The molecule has 0 bridgehead atoms. The highest BCUT2D eigenvalue weighted by Gasteiger charge is 2.24. The Labute approximate surface area is 155 Å². The van der Waals surface area contributed by atoms with Crippen molar-refractivity contribution in [2.75, 3.05) is 5.32 Å². The Morgan fingerprint density at radius 2 is 1.54 bits per heavy atom. The van der Waals surface area contributed by atoms with Gasteiger partial charge in [0.15, 0.2) is 0 Å². The smallest absolute Gasteiger partial charge is 0.303 e. The fourth-order valence-corrected chi connectivity index (χ4v) is 3.03. The first-order chi connectivity index (χ1) is 12.4. The van der Waals surface area contributed by atoms with Gasteiger partial charge in [0, 0.05) is 12.1 Å². The van der Waals surface area contributed by atoms with Gasteiger partial charge in [-0.3, -0.25) is 9.59 Å². The molecular formula is C22H27NO3. The quantitative estimate of drug-likeness (QED) is 0.726. The lowest BCUT2D eigenvalue weighted by molar-refractivity contribution is -0.137. The number of carboxylic acids is 1. The largest absolute Gasteiger partial charge is 0.481 e. The molecule has 2 aromatic carbocycles. The molecule has 1 amide bonds. The standard InChI is InChI=1S/C22H27NO3/c1-4-16-5-10-18(11-6-16)21(15(2)3)22(26)23-19-12-7-17(8-13-19)9-14-20(24)25/h5-8,10-13,15,21H,4,9,14H2,1-3H3,(H,23,26)(H,24,25). The molecule has 1 unspecified atom stereocenters. The first kappa shape index (κ1) is 19.7. The van der Waals surface area contributed by atoms with E-state index in [0.29, 0.717) is 6.42 Å². The molecule has 138 valence electrons. The third-order valence-corrected chi connectivity index (χ3v) is 4.55. The average molecular weight is 353 g/mol. The Hall–Kier alpha value is -2.62. The highest BCUT2D eigenvalue weighted by Crippen LogP contribution is 2.27. The highest BCUT2D eigenvalue weighted by atomic mass is 16.4. The molecule has 0 saturated heterocycles. The molecule has 0 saturated carbocycles. The summed E-state index contributed by atoms with van der Waals surface area (Å²) < 4.78 is 0. The minimum Gasteiger partial charge on any atom is -0.481 e. The molecule has 4 heteroatoms. The molecule has 0 aliphatic carbocycles. The van der Waals surface area contributed by atoms with Gasteiger partial charge in [-0.2, -0.15) is 0 Å². The predicted molar refractivity (Wildman–Crippen MR) is 104 cm³/mol. The Balaban J connectivity index is 2.08. The molecule has 4 nitrogen and oxygen atoms in total. The SMILES string of the molecule is CCc1ccc(C(C(=O)Nc2ccc(CCC(=O)O)cc2)C(C)C)cc1. The van der Waals surface area contributed by atoms with E-state index in [4.69, 9.17) is 5.11 Å². The van der Waals surface area contributed by atoms with Crippen molar-refractivity contribution in [2.24, 2.45) is 5.92 Å². The van der Waals surface area contributed by atoms with Crippen LogP contribution in [0.3, 0.4) is 0 Å². The van der Waals surface area contributed by atoms with Crippen LogP contribution in [0.25, 0.3) is 0 Å². The minimum absolute atomic E-state index is 0.0254. The van der Waals surface area contributed by atoms with Crippen LogP contribution < -0.4 is 5.32 Å². The van der Waals surface area contributed by atoms with Crippen molar-refractivity contribution in [3.05, 3.63) is 65.2 Å². The van der Waals surface area contributed by atoms with E-state index >= 15 is 0 Å². The van der Waals surface area contributed by atoms with Gasteiger partial charge < -0.3 is 10.4 Å². The van der Waals surface area contributed by atoms with Gasteiger partial charge in [-0.05, 0) is 47.6 Å². The third-order valence-electron chi connectivity index (χ3n) is 4.55. The number of rotatable bonds is 8. The fraction of sp³-hybridized carbons (Fsp3) is 0.364. The molecular weight excluding hydrogens is 326 g/mol. The summed E-state index contributed by atoms with van der Waals surface area (Å²) in [5, 5.41) is 11.7. The van der Waals surface area contributed by atoms with Crippen molar-refractivity contribution in [3.8, 4) is 0 Å². The predicted octanol–water partition coefficient (Wildman–Crippen LogP) is 4.64. The van der Waals surface area contributed by atoms with Crippen LogP contribution in [0.1, 0.15) is 49.8 Å². The van der Waals surface area contributed by atoms with Crippen LogP contribution in [-0.2, 0) is 22.4 Å². The summed E-state index contributed by atoms with van der Waals surface area (Å²) in [5.74, 6) is -0.872. The molecule has 26 heavy (non-hydrogen) atoms. The first-order valence-electron chi connectivity index (χ1n) is 9.11. The van der Waals surface area contributed by atoms with Gasteiger partial charge >= 0.3 is 5.97 Å². The van der Waals surface area contributed by atoms with E-state index in [9.17, 15) is 9.59 Å². The zero-order valence-corrected chi connectivity index (χ0v) is 15.7. The van der Waals surface area contributed by atoms with Crippen molar-refractivity contribution in [1.82, 2.24) is 0 Å². The number of carboxylic acid groups (broad SMARTS) is 1. The highest BCUT2D eigenvalue weighted by molar-refractivity contribution is 5.96. The topological polar surface area (TPSA) is 66.4 Å². The van der Waals surface area contributed by atoms with Gasteiger partial charge in [-0.15, -0.1) is 0 Å². The van der Waals surface area contributed by atoms with Gasteiger partial charge in [0.05, 0.1) is 5.92 Å². The first-order valence-corrected chi connectivity index (χ1v) is 9.11. The summed E-state index contributed by atoms with van der Waals surface area (Å²) in [7, 11) is 0. The van der Waals surface area contributed by atoms with Gasteiger partial charge in [0.1, 0.15) is 0 Å². The van der Waals surface area contributed by atoms with Gasteiger partial charge in [-0.25, -0.2) is 0 Å². The zero-order chi connectivity index (χ0) is 19.1. The molecule has 2 aromatic rings. The van der Waals surface area contributed by atoms with Crippen LogP contribution in [0.4, 0.5) is 5.69 Å². The summed E-state index contributed by atoms with van der Waals surface area (Å²) >= 11 is 0. The maximum absolute atomic E-state index is 12.8. The van der Waals surface area contributed by atoms with E-state index < -0.39 is 5.97 Å². The van der Waals surface area contributed by atoms with Crippen LogP contribution in [0, 0.1) is 5.92 Å². The van der Waals surface area contributed by atoms with Crippen molar-refractivity contribution in [2.45, 2.75) is 46.0 Å². The van der Waals surface area contributed by atoms with E-state index in [1.54, 1.807) is 0 Å². The molecule has 0 aliphatic rings. The van der Waals surface area contributed by atoms with Crippen LogP contribution in [0.15, 0.2) is 48.5 Å². The second kappa shape index (κ2) is 9.18. The Morgan fingerprint density at radius 1 is 0.962 bits per heavy atom. The van der Waals surface area contributed by atoms with Crippen molar-refractivity contribution in [3.63, 3.8) is 0 Å². The van der Waals surface area contributed by atoms with E-state index in [0.717, 1.165) is 23.2 Å². The third kappa shape index (κ3) is 5.45. The number of aryl methyl sites for hydroxylation is 2. The van der Waals surface area contributed by atoms with E-state index in [-0.39, 0.29) is 24.2 Å². The van der Waals surface area contributed by atoms with Gasteiger partial charge in [-0.1, -0.05) is 57.2 Å². The van der Waals surface area contributed by atoms with Crippen molar-refractivity contribution in [1.29, 1.82) is 0 Å². The molecule has 0 heterocycles. The molecule has 0 spiro atoms. The van der Waals surface area contributed by atoms with Crippen molar-refractivity contribution < 1.29 is 14.7 Å². The van der Waals surface area contributed by atoms with Crippen molar-refractivity contribution >= 4 is 17.6 Å². The lowest BCUT2D eigenvalue weighted by Gasteiger charge is -2.21. The normalized spacial score (nSPS) is 12.0. The summed E-state index contributed by atoms with van der Waals surface area (Å²) in [6, 6.07) is 15.6. The Morgan fingerprint density at radius 3 is 2.04 bits per heavy atom. The van der Waals surface area contributed by atoms with Gasteiger partial charge in [0.25, 0.3) is 0 Å². The van der Waals surface area contributed by atoms with E-state index in [1.807, 2.05) is 50.2 Å². The zero-order valence-electron chi connectivity index (χ0n) is 15.7. The fourth-order valence-electron chi connectivity index (χ4n) is 3.03. The number of hydrogen-bond donors (Lipinski definition) is 2. The van der Waals surface area contributed by atoms with Crippen LogP contribution in [0.5, 0.6) is 0 Å². The molecule has 1 atom stereocenters. The number of carbonyl (C=O) groups excluding carboxylic acids is 1. The number of aliphatic carboxylic acids is 1. The average Bonchev–Trinajstić information content (AvgIpc) is 2.61. The summed E-state index contributed by atoms with van der Waals surface area (Å²) in [6.45, 7) is 6.21. The van der Waals surface area contributed by atoms with Crippen LogP contribution in [-0.4, -0.2) is 17.0 Å². The molecule has 0 aliphatic heterocycles. The molecule has 2 rings (SSSR count). The Bertz CT molecular complexity index is 733. The van der Waals surface area contributed by atoms with Crippen LogP contribution >= 0.6 is 0 Å². The number of carbonyl (C=O) groups is 2. The molecule has 0 aromatic heterocycles. The Kier molecular flexibility index (Phi) is 6.96. The number of hydrogen-bond acceptors (Lipinski definition) is 2. The van der Waals surface area contributed by atoms with Crippen LogP contribution in [0.2, 0.25) is 0 Å². The summed E-state index contributed by atoms with van der Waals surface area (Å²) in [4.78, 5) is 23.5. The number of benzene rings is 2. The maximum atomic E-state index is 12.8. The number of anilines is 1. The molecule has 0 radical (unpaired) electrons. The molecule has 0 fully saturated rings. The number of nitrogens with one attached hydrogen (secondary N) is 1. The second-order valence-electron chi connectivity index (χ2n) is 6.90. The second-order valence-corrected chi connectivity index (χ2v) is 6.90. The minimum atomic E-state index is -0.809. The number of amides is 1. The monoisotopic (exact) mass is 353 g/mol. The van der Waals surface area contributed by atoms with E-state index in [1.165, 1.54) is 5.56 Å². The van der Waals surface area contributed by atoms with E-state index in [2.05, 4.69) is 24.4 Å². The summed E-state index contributed by atoms with van der Waals surface area (Å²) in [5.41, 5.74) is 3.95. The summed E-state index contributed by atoms with van der Waals surface area (Å²) in [6.07, 6.45) is 1.57. The molecule has 2 N–H and O–H groups in total. The lowest BCUT2D eigenvalue weighted by Crippen LogP contribution is -2.25. The maximum Gasteiger partial charge on any atom is 0.303 e. The lowest BCUT2D eigenvalue weighted by atomic mass is 9.87. The van der Waals surface area contributed by atoms with Gasteiger partial charge in [0.2, 0.25) is 5.91 Å².